The Labute approximate surface area is 181 Å². The van der Waals surface area contributed by atoms with E-state index in [1.165, 1.54) is 35.2 Å². The lowest BCUT2D eigenvalue weighted by atomic mass is 9.87. The van der Waals surface area contributed by atoms with Crippen molar-refractivity contribution < 1.29 is 0 Å². The molecule has 30 heavy (non-hydrogen) atoms. The smallest absolute Gasteiger partial charge is 0.0548 e. The van der Waals surface area contributed by atoms with Crippen molar-refractivity contribution in [2.45, 2.75) is 39.7 Å². The van der Waals surface area contributed by atoms with E-state index in [4.69, 9.17) is 0 Å². The summed E-state index contributed by atoms with van der Waals surface area (Å²) in [5.41, 5.74) is 7.26. The molecule has 1 saturated heterocycles. The third-order valence-corrected chi connectivity index (χ3v) is 5.82. The van der Waals surface area contributed by atoms with Crippen LogP contribution >= 0.6 is 0 Å². The highest BCUT2D eigenvalue weighted by atomic mass is 15.1. The van der Waals surface area contributed by atoms with E-state index >= 15 is 0 Å². The van der Waals surface area contributed by atoms with Gasteiger partial charge in [0.1, 0.15) is 0 Å². The highest BCUT2D eigenvalue weighted by Gasteiger charge is 2.22. The molecule has 2 aliphatic heterocycles. The topological polar surface area (TPSA) is 52.5 Å². The number of nitrogens with zero attached hydrogens (tertiary/aromatic N) is 3. The number of nitrogens with one attached hydrogen (secondary N) is 2. The van der Waals surface area contributed by atoms with Crippen molar-refractivity contribution in [2.24, 2.45) is 10.9 Å². The second kappa shape index (κ2) is 10.8. The van der Waals surface area contributed by atoms with Crippen LogP contribution in [0.2, 0.25) is 0 Å². The number of pyridine rings is 1. The normalized spacial score (nSPS) is 26.2. The van der Waals surface area contributed by atoms with E-state index in [1.54, 1.807) is 0 Å². The van der Waals surface area contributed by atoms with Crippen LogP contribution in [-0.2, 0) is 6.54 Å². The van der Waals surface area contributed by atoms with E-state index in [1.807, 2.05) is 31.7 Å². The first-order chi connectivity index (χ1) is 14.6. The van der Waals surface area contributed by atoms with E-state index in [9.17, 15) is 0 Å². The fourth-order valence-corrected chi connectivity index (χ4v) is 4.04. The molecular weight excluding hydrogens is 370 g/mol. The van der Waals surface area contributed by atoms with Gasteiger partial charge >= 0.3 is 0 Å². The lowest BCUT2D eigenvalue weighted by Crippen LogP contribution is -2.34. The summed E-state index contributed by atoms with van der Waals surface area (Å²) < 4.78 is 0. The van der Waals surface area contributed by atoms with Gasteiger partial charge in [0, 0.05) is 75.6 Å². The Morgan fingerprint density at radius 1 is 1.33 bits per heavy atom. The second-order valence-corrected chi connectivity index (χ2v) is 8.18. The number of hydrogen-bond acceptors (Lipinski definition) is 5. The monoisotopic (exact) mass is 405 g/mol. The predicted octanol–water partition coefficient (Wildman–Crippen LogP) is 4.20. The third-order valence-electron chi connectivity index (χ3n) is 5.82. The van der Waals surface area contributed by atoms with Crippen LogP contribution in [0.15, 0.2) is 76.5 Å². The van der Waals surface area contributed by atoms with E-state index in [0.29, 0.717) is 5.92 Å². The standard InChI is InChI=1S/C25H35N5/c1-19(2)30-12-6-8-22(18-30)23-13-20(3)25(26-4)17-28-11-9-24(14-23)29-16-21-7-5-10-27-15-21/h5,7,10,13-15,17,22,26,29H,1,6,8-9,11-12,16,18H2,2-4H3/b23-13+,24-14-,25-20-,28-17?. The summed E-state index contributed by atoms with van der Waals surface area (Å²) in [7, 11) is 1.96. The van der Waals surface area contributed by atoms with Gasteiger partial charge in [-0.15, -0.1) is 0 Å². The summed E-state index contributed by atoms with van der Waals surface area (Å²) in [6, 6.07) is 4.09. The van der Waals surface area contributed by atoms with Gasteiger partial charge in [-0.25, -0.2) is 0 Å². The van der Waals surface area contributed by atoms with E-state index < -0.39 is 0 Å². The first-order valence-electron chi connectivity index (χ1n) is 10.9. The highest BCUT2D eigenvalue weighted by molar-refractivity contribution is 5.79. The van der Waals surface area contributed by atoms with Crippen LogP contribution in [0.25, 0.3) is 0 Å². The Morgan fingerprint density at radius 2 is 2.20 bits per heavy atom. The number of rotatable bonds is 6. The molecule has 160 valence electrons. The summed E-state index contributed by atoms with van der Waals surface area (Å²) in [4.78, 5) is 11.3. The Morgan fingerprint density at radius 3 is 2.93 bits per heavy atom. The molecule has 1 aromatic rings. The highest BCUT2D eigenvalue weighted by Crippen LogP contribution is 2.28. The molecule has 0 saturated carbocycles. The number of piperidine rings is 1. The second-order valence-electron chi connectivity index (χ2n) is 8.18. The Balaban J connectivity index is 1.90. The SMILES string of the molecule is C=C(C)N1CCCC(C2=C/C(C)=C(\NC)C=NCC\C(NCc3cccnc3)=C\2)C1. The van der Waals surface area contributed by atoms with Crippen LogP contribution in [0, 0.1) is 5.92 Å². The fourth-order valence-electron chi connectivity index (χ4n) is 4.04. The van der Waals surface area contributed by atoms with E-state index in [0.717, 1.165) is 44.0 Å². The van der Waals surface area contributed by atoms with Crippen molar-refractivity contribution in [3.05, 3.63) is 77.1 Å². The number of likely N-dealkylation sites (tertiary alicyclic amines) is 1. The van der Waals surface area contributed by atoms with Gasteiger partial charge in [-0.3, -0.25) is 9.98 Å². The van der Waals surface area contributed by atoms with Gasteiger partial charge in [0.25, 0.3) is 0 Å². The predicted molar refractivity (Wildman–Crippen MR) is 126 cm³/mol. The maximum absolute atomic E-state index is 4.63. The molecule has 5 heteroatoms. The molecule has 0 aromatic carbocycles. The molecule has 3 rings (SSSR count). The van der Waals surface area contributed by atoms with Crippen LogP contribution in [0.3, 0.4) is 0 Å². The molecule has 0 amide bonds. The van der Waals surface area contributed by atoms with Gasteiger partial charge in [0.2, 0.25) is 0 Å². The summed E-state index contributed by atoms with van der Waals surface area (Å²) in [5.74, 6) is 0.495. The lowest BCUT2D eigenvalue weighted by Gasteiger charge is -2.35. The number of hydrogen-bond donors (Lipinski definition) is 2. The Hall–Kier alpha value is -2.82. The minimum Gasteiger partial charge on any atom is -0.387 e. The van der Waals surface area contributed by atoms with Gasteiger partial charge in [0.05, 0.1) is 5.70 Å². The molecule has 1 aromatic heterocycles. The van der Waals surface area contributed by atoms with Gasteiger partial charge in [-0.05, 0) is 55.5 Å². The van der Waals surface area contributed by atoms with Crippen molar-refractivity contribution in [1.82, 2.24) is 20.5 Å². The zero-order valence-electron chi connectivity index (χ0n) is 18.6. The number of allylic oxidation sites excluding steroid dienone is 5. The van der Waals surface area contributed by atoms with Crippen LogP contribution in [-0.4, -0.2) is 42.8 Å². The van der Waals surface area contributed by atoms with Crippen molar-refractivity contribution in [3.8, 4) is 0 Å². The van der Waals surface area contributed by atoms with Crippen LogP contribution in [0.1, 0.15) is 38.7 Å². The maximum atomic E-state index is 4.63. The van der Waals surface area contributed by atoms with Crippen molar-refractivity contribution in [1.29, 1.82) is 0 Å². The Bertz CT molecular complexity index is 848. The third kappa shape index (κ3) is 6.09. The molecule has 1 atom stereocenters. The van der Waals surface area contributed by atoms with Crippen LogP contribution < -0.4 is 10.6 Å². The number of aliphatic imine (C=N–C) groups is 1. The molecule has 0 bridgehead atoms. The minimum atomic E-state index is 0.495. The maximum Gasteiger partial charge on any atom is 0.0548 e. The van der Waals surface area contributed by atoms with Gasteiger partial charge in [-0.2, -0.15) is 0 Å². The number of aromatic nitrogens is 1. The molecule has 0 spiro atoms. The molecule has 0 radical (unpaired) electrons. The lowest BCUT2D eigenvalue weighted by molar-refractivity contribution is 0.241. The van der Waals surface area contributed by atoms with Gasteiger partial charge < -0.3 is 15.5 Å². The summed E-state index contributed by atoms with van der Waals surface area (Å²) in [6.07, 6.45) is 13.7. The zero-order valence-corrected chi connectivity index (χ0v) is 18.6. The largest absolute Gasteiger partial charge is 0.387 e. The molecule has 3 heterocycles. The van der Waals surface area contributed by atoms with E-state index in [-0.39, 0.29) is 0 Å². The first kappa shape index (κ1) is 21.9. The Kier molecular flexibility index (Phi) is 7.89. The fraction of sp³-hybridized carbons (Fsp3) is 0.440. The van der Waals surface area contributed by atoms with Crippen LogP contribution in [0.4, 0.5) is 0 Å². The molecule has 2 N–H and O–H groups in total. The minimum absolute atomic E-state index is 0.495. The van der Waals surface area contributed by atoms with Crippen LogP contribution in [0.5, 0.6) is 0 Å². The van der Waals surface area contributed by atoms with Crippen molar-refractivity contribution >= 4 is 6.21 Å². The van der Waals surface area contributed by atoms with E-state index in [2.05, 4.69) is 64.2 Å². The molecule has 2 aliphatic rings. The summed E-state index contributed by atoms with van der Waals surface area (Å²) in [5, 5.41) is 6.94. The summed E-state index contributed by atoms with van der Waals surface area (Å²) in [6.45, 7) is 12.1. The van der Waals surface area contributed by atoms with Crippen molar-refractivity contribution in [3.63, 3.8) is 0 Å². The van der Waals surface area contributed by atoms with Crippen molar-refractivity contribution in [2.75, 3.05) is 26.7 Å². The average Bonchev–Trinajstić information content (AvgIpc) is 2.77. The van der Waals surface area contributed by atoms with Gasteiger partial charge in [-0.1, -0.05) is 18.7 Å². The summed E-state index contributed by atoms with van der Waals surface area (Å²) >= 11 is 0. The molecule has 1 unspecified atom stereocenters. The quantitative estimate of drug-likeness (QED) is 0.745. The molecule has 5 nitrogen and oxygen atoms in total. The first-order valence-corrected chi connectivity index (χ1v) is 10.9. The zero-order chi connectivity index (χ0) is 21.3. The molecule has 1 fully saturated rings. The van der Waals surface area contributed by atoms with Gasteiger partial charge in [0.15, 0.2) is 0 Å². The molecular formula is C25H35N5. The molecule has 0 aliphatic carbocycles. The average molecular weight is 406 g/mol.